The van der Waals surface area contributed by atoms with Gasteiger partial charge in [-0.1, -0.05) is 0 Å². The molecule has 7 nitrogen and oxygen atoms in total. The fourth-order valence-corrected chi connectivity index (χ4v) is 1.62. The number of aromatic nitrogens is 2. The first-order valence-electron chi connectivity index (χ1n) is 5.86. The van der Waals surface area contributed by atoms with Gasteiger partial charge in [0.2, 0.25) is 6.23 Å². The number of aliphatic hydroxyl groups excluding tert-OH is 2. The largest absolute Gasteiger partial charge is 0.394 e. The average molecular weight is 266 g/mol. The van der Waals surface area contributed by atoms with Gasteiger partial charge in [0.25, 0.3) is 5.56 Å². The average Bonchev–Trinajstić information content (AvgIpc) is 2.60. The van der Waals surface area contributed by atoms with E-state index in [0.717, 1.165) is 0 Å². The molecule has 0 saturated carbocycles. The zero-order chi connectivity index (χ0) is 15.2. The second-order valence-electron chi connectivity index (χ2n) is 3.69. The summed E-state index contributed by atoms with van der Waals surface area (Å²) >= 11 is 0. The Morgan fingerprint density at radius 1 is 1.61 bits per heavy atom. The summed E-state index contributed by atoms with van der Waals surface area (Å²) in [7, 11) is 0. The van der Waals surface area contributed by atoms with Gasteiger partial charge in [0.1, 0.15) is 6.10 Å². The molecule has 2 rings (SSSR count). The number of ether oxygens (including phenoxy) is 1. The molecule has 0 aromatic carbocycles. The number of nitrogens with one attached hydrogen (secondary N) is 1. The van der Waals surface area contributed by atoms with Gasteiger partial charge in [0.05, 0.1) is 9.35 Å². The topological polar surface area (TPSA) is 105 Å². The van der Waals surface area contributed by atoms with Gasteiger partial charge in [-0.05, 0) is 0 Å². The van der Waals surface area contributed by atoms with Crippen LogP contribution in [0.5, 0.6) is 0 Å². The van der Waals surface area contributed by atoms with Crippen LogP contribution in [0.25, 0.3) is 0 Å². The van der Waals surface area contributed by atoms with E-state index in [-0.39, 0.29) is 4.57 Å². The molecule has 2 heterocycles. The van der Waals surface area contributed by atoms with E-state index < -0.39 is 54.4 Å². The number of nitrogens with zero attached hydrogens (tertiary/aromatic N) is 1. The number of aromatic amines is 1. The number of alkyl halides is 2. The Labute approximate surface area is 101 Å². The molecule has 0 bridgehead atoms. The van der Waals surface area contributed by atoms with E-state index >= 15 is 0 Å². The van der Waals surface area contributed by atoms with E-state index in [1.54, 1.807) is 4.98 Å². The van der Waals surface area contributed by atoms with Gasteiger partial charge in [-0.25, -0.2) is 4.79 Å². The van der Waals surface area contributed by atoms with Crippen LogP contribution < -0.4 is 11.2 Å². The van der Waals surface area contributed by atoms with Crippen molar-refractivity contribution in [2.45, 2.75) is 24.4 Å². The predicted molar refractivity (Wildman–Crippen MR) is 53.3 cm³/mol. The molecule has 100 valence electrons. The number of hydrogen-bond donors (Lipinski definition) is 3. The lowest BCUT2D eigenvalue weighted by Gasteiger charge is -2.20. The quantitative estimate of drug-likeness (QED) is 0.599. The predicted octanol–water partition coefficient (Wildman–Crippen LogP) is -1.58. The molecule has 3 atom stereocenters. The molecule has 1 aliphatic heterocycles. The molecular formula is C9H10F2N2O5. The Balaban J connectivity index is 2.61. The molecule has 18 heavy (non-hydrogen) atoms. The maximum atomic E-state index is 13.8. The summed E-state index contributed by atoms with van der Waals surface area (Å²) < 4.78 is 47.0. The Kier molecular flexibility index (Phi) is 2.45. The highest BCUT2D eigenvalue weighted by Crippen LogP contribution is 2.41. The molecule has 9 heteroatoms. The Morgan fingerprint density at radius 2 is 2.28 bits per heavy atom. The van der Waals surface area contributed by atoms with Crippen LogP contribution in [0, 0.1) is 0 Å². The van der Waals surface area contributed by atoms with E-state index in [4.69, 9.17) is 7.85 Å². The first kappa shape index (κ1) is 10.4. The molecule has 1 unspecified atom stereocenters. The van der Waals surface area contributed by atoms with Gasteiger partial charge in [0.15, 0.2) is 6.10 Å². The molecule has 0 radical (unpaired) electrons. The third-order valence-electron chi connectivity index (χ3n) is 2.52. The van der Waals surface area contributed by atoms with E-state index in [9.17, 15) is 23.5 Å². The highest BCUT2D eigenvalue weighted by atomic mass is 19.3. The summed E-state index contributed by atoms with van der Waals surface area (Å²) in [6, 6.07) is -0.995. The van der Waals surface area contributed by atoms with Gasteiger partial charge in [0, 0.05) is 12.2 Å². The van der Waals surface area contributed by atoms with Gasteiger partial charge >= 0.3 is 11.6 Å². The lowest BCUT2D eigenvalue weighted by Crippen LogP contribution is -2.42. The smallest absolute Gasteiger partial charge is 0.330 e. The SMILES string of the molecule is [2H]c1c([2H])n([C@@H]2O[C@H](CO)C(O)C2(F)F)c(=O)[nH]c1=O. The van der Waals surface area contributed by atoms with Crippen molar-refractivity contribution in [3.05, 3.63) is 33.1 Å². The maximum absolute atomic E-state index is 13.8. The van der Waals surface area contributed by atoms with Crippen molar-refractivity contribution in [2.24, 2.45) is 0 Å². The Bertz CT molecular complexity index is 646. The van der Waals surface area contributed by atoms with E-state index in [0.29, 0.717) is 0 Å². The maximum Gasteiger partial charge on any atom is 0.330 e. The normalized spacial score (nSPS) is 32.1. The Hall–Kier alpha value is -1.58. The van der Waals surface area contributed by atoms with Gasteiger partial charge in [-0.2, -0.15) is 8.78 Å². The fourth-order valence-electron chi connectivity index (χ4n) is 1.62. The second-order valence-corrected chi connectivity index (χ2v) is 3.69. The molecule has 3 N–H and O–H groups in total. The van der Waals surface area contributed by atoms with Crippen molar-refractivity contribution in [2.75, 3.05) is 6.61 Å². The monoisotopic (exact) mass is 266 g/mol. The zero-order valence-corrected chi connectivity index (χ0v) is 8.76. The van der Waals surface area contributed by atoms with Crippen LogP contribution in [-0.2, 0) is 4.74 Å². The minimum absolute atomic E-state index is 0.0581. The van der Waals surface area contributed by atoms with Crippen LogP contribution in [0.15, 0.2) is 21.8 Å². The summed E-state index contributed by atoms with van der Waals surface area (Å²) in [6.07, 6.45) is -7.50. The van der Waals surface area contributed by atoms with E-state index in [2.05, 4.69) is 4.74 Å². The molecule has 1 aromatic heterocycles. The van der Waals surface area contributed by atoms with Crippen LogP contribution in [0.2, 0.25) is 0 Å². The number of rotatable bonds is 2. The van der Waals surface area contributed by atoms with E-state index in [1.807, 2.05) is 0 Å². The molecule has 1 saturated heterocycles. The number of H-pyrrole nitrogens is 1. The molecule has 0 aliphatic carbocycles. The minimum Gasteiger partial charge on any atom is -0.394 e. The van der Waals surface area contributed by atoms with Crippen molar-refractivity contribution < 1.29 is 26.5 Å². The standard InChI is InChI=1S/C9H10F2N2O5/c10-9(11)6(16)4(3-14)18-7(9)13-2-1-5(15)12-8(13)17/h1-2,4,6-7,14,16H,3H2,(H,12,15,17)/t4-,6?,7-/m1/s1/i1D,2D. The molecular weight excluding hydrogens is 254 g/mol. The molecule has 1 aliphatic rings. The third kappa shape index (κ3) is 1.85. The van der Waals surface area contributed by atoms with Crippen LogP contribution in [0.3, 0.4) is 0 Å². The first-order valence-corrected chi connectivity index (χ1v) is 4.86. The third-order valence-corrected chi connectivity index (χ3v) is 2.52. The van der Waals surface area contributed by atoms with Gasteiger partial charge in [-0.3, -0.25) is 14.3 Å². The highest BCUT2D eigenvalue weighted by Gasteiger charge is 2.59. The van der Waals surface area contributed by atoms with E-state index in [1.165, 1.54) is 0 Å². The van der Waals surface area contributed by atoms with Crippen molar-refractivity contribution in [1.82, 2.24) is 9.55 Å². The van der Waals surface area contributed by atoms with Gasteiger partial charge < -0.3 is 14.9 Å². The van der Waals surface area contributed by atoms with Crippen molar-refractivity contribution in [3.8, 4) is 0 Å². The molecule has 1 fully saturated rings. The highest BCUT2D eigenvalue weighted by molar-refractivity contribution is 4.97. The molecule has 0 spiro atoms. The molecule has 0 amide bonds. The van der Waals surface area contributed by atoms with Crippen LogP contribution in [0.4, 0.5) is 8.78 Å². The summed E-state index contributed by atoms with van der Waals surface area (Å²) in [5.74, 6) is -3.97. The second kappa shape index (κ2) is 4.26. The summed E-state index contributed by atoms with van der Waals surface area (Å²) in [5.41, 5.74) is -2.57. The summed E-state index contributed by atoms with van der Waals surface area (Å²) in [5, 5.41) is 18.1. The first-order chi connectivity index (χ1) is 9.21. The lowest BCUT2D eigenvalue weighted by molar-refractivity contribution is -0.141. The fraction of sp³-hybridized carbons (Fsp3) is 0.556. The summed E-state index contributed by atoms with van der Waals surface area (Å²) in [6.45, 7) is -0.924. The number of halogens is 2. The Morgan fingerprint density at radius 3 is 2.83 bits per heavy atom. The number of hydrogen-bond acceptors (Lipinski definition) is 5. The van der Waals surface area contributed by atoms with Crippen molar-refractivity contribution in [1.29, 1.82) is 0 Å². The molecule has 1 aromatic rings. The lowest BCUT2D eigenvalue weighted by atomic mass is 10.1. The van der Waals surface area contributed by atoms with Gasteiger partial charge in [-0.15, -0.1) is 0 Å². The number of aliphatic hydroxyl groups is 2. The van der Waals surface area contributed by atoms with Crippen LogP contribution in [0.1, 0.15) is 8.97 Å². The summed E-state index contributed by atoms with van der Waals surface area (Å²) in [4.78, 5) is 24.2. The van der Waals surface area contributed by atoms with Crippen molar-refractivity contribution in [3.63, 3.8) is 0 Å². The van der Waals surface area contributed by atoms with Crippen LogP contribution in [-0.4, -0.2) is 44.5 Å². The zero-order valence-electron chi connectivity index (χ0n) is 10.8. The van der Waals surface area contributed by atoms with Crippen LogP contribution >= 0.6 is 0 Å². The minimum atomic E-state index is -3.97. The van der Waals surface area contributed by atoms with Crippen molar-refractivity contribution >= 4 is 0 Å².